The van der Waals surface area contributed by atoms with Crippen LogP contribution in [0.1, 0.15) is 0 Å². The second kappa shape index (κ2) is 19.0. The Balaban J connectivity index is -0.00000000500. The van der Waals surface area contributed by atoms with E-state index in [1.54, 1.807) is 0 Å². The molecule has 38 valence electrons. The van der Waals surface area contributed by atoms with Gasteiger partial charge in [-0.3, -0.25) is 0 Å². The first-order valence-corrected chi connectivity index (χ1v) is 2.18. The van der Waals surface area contributed by atoms with E-state index in [1.165, 1.54) is 0 Å². The third kappa shape index (κ3) is 8.89. The zero-order chi connectivity index (χ0) is 2.00. The molecule has 1 radical (unpaired) electrons. The number of rotatable bonds is 0. The van der Waals surface area contributed by atoms with Crippen molar-refractivity contribution in [2.75, 3.05) is 0 Å². The van der Waals surface area contributed by atoms with E-state index in [2.05, 4.69) is 28.8 Å². The molecule has 4 heavy (non-hydrogen) atoms. The van der Waals surface area contributed by atoms with Gasteiger partial charge in [0.1, 0.15) is 0 Å². The topological polar surface area (TPSA) is 0 Å². The van der Waals surface area contributed by atoms with Gasteiger partial charge in [-0.1, -0.05) is 0 Å². The molecule has 0 rings (SSSR count). The normalized spacial score (nSPS) is 1.50. The molecule has 0 nitrogen and oxygen atoms in total. The van der Waals surface area contributed by atoms with E-state index in [0.29, 0.717) is 0 Å². The Labute approximate surface area is 66.8 Å². The van der Waals surface area contributed by atoms with E-state index < -0.39 is 0 Å². The van der Waals surface area contributed by atoms with Gasteiger partial charge in [0.25, 0.3) is 0 Å². The zero-order valence-electron chi connectivity index (χ0n) is 1.33. The second-order valence-electron chi connectivity index (χ2n) is 0. The van der Waals surface area contributed by atoms with Crippen LogP contribution in [0.2, 0.25) is 0 Å². The van der Waals surface area contributed by atoms with Crippen molar-refractivity contribution in [1.82, 2.24) is 0 Å². The van der Waals surface area contributed by atoms with Gasteiger partial charge >= 0.3 is 28.8 Å². The molecule has 0 amide bonds. The van der Waals surface area contributed by atoms with E-state index >= 15 is 0 Å². The van der Waals surface area contributed by atoms with Crippen LogP contribution in [0, 0.1) is 0 Å². The minimum atomic E-state index is 0. The molecule has 0 aliphatic rings. The first-order valence-electron chi connectivity index (χ1n) is 0.123. The number of hydrogen-bond donors (Lipinski definition) is 0. The summed E-state index contributed by atoms with van der Waals surface area (Å²) in [5.74, 6) is 0. The average molecular weight is 396 g/mol. The van der Waals surface area contributed by atoms with E-state index in [4.69, 9.17) is 0 Å². The summed E-state index contributed by atoms with van der Waals surface area (Å²) in [6.45, 7) is 0. The molecule has 0 fully saturated rings. The summed E-state index contributed by atoms with van der Waals surface area (Å²) in [6.07, 6.45) is 0. The fourth-order valence-corrected chi connectivity index (χ4v) is 0. The Hall–Kier alpha value is 2.19. The van der Waals surface area contributed by atoms with Crippen LogP contribution in [0.15, 0.2) is 0 Å². The first-order chi connectivity index (χ1) is 1.00. The van der Waals surface area contributed by atoms with Gasteiger partial charge in [-0.25, -0.2) is 0 Å². The van der Waals surface area contributed by atoms with Crippen LogP contribution >= 0.6 is 9.58 Å². The van der Waals surface area contributed by atoms with Gasteiger partial charge in [-0.15, -0.1) is 0 Å². The molecule has 0 saturated heterocycles. The predicted octanol–water partition coefficient (Wildman–Crippen LogP) is 0.641. The van der Waals surface area contributed by atoms with Crippen LogP contribution in [0.4, 0.5) is 0 Å². The molecule has 0 N–H and O–H groups in total. The fraction of sp³-hybridized carbons (Fsp3) is 0. The summed E-state index contributed by atoms with van der Waals surface area (Å²) in [4.78, 5) is 0. The van der Waals surface area contributed by atoms with E-state index in [0.717, 1.165) is 0 Å². The van der Waals surface area contributed by atoms with Crippen molar-refractivity contribution in [2.45, 2.75) is 0 Å². The molecule has 4 heteroatoms. The van der Waals surface area contributed by atoms with Crippen molar-refractivity contribution >= 4 is 9.58 Å². The van der Waals surface area contributed by atoms with E-state index in [9.17, 15) is 0 Å². The number of hydrogen-bond acceptors (Lipinski definition) is 1. The predicted molar refractivity (Wildman–Crippen MR) is 7.59 cm³/mol. The quantitative estimate of drug-likeness (QED) is 0.543. The van der Waals surface area contributed by atoms with Gasteiger partial charge in [-0.2, -0.15) is 0 Å². The molecule has 0 aliphatic carbocycles. The fourth-order valence-electron chi connectivity index (χ4n) is 0. The molecule has 0 unspecified atom stereocenters. The van der Waals surface area contributed by atoms with Crippen LogP contribution in [0.25, 0.3) is 0 Å². The zero-order valence-corrected chi connectivity index (χ0v) is 6.78. The molecule has 0 saturated carbocycles. The van der Waals surface area contributed by atoms with Crippen LogP contribution in [0.5, 0.6) is 0 Å². The Kier molecular flexibility index (Phi) is 77.7. The summed E-state index contributed by atoms with van der Waals surface area (Å²) in [7, 11) is 3.89. The van der Waals surface area contributed by atoms with Crippen molar-refractivity contribution in [3.8, 4) is 0 Å². The van der Waals surface area contributed by atoms with E-state index in [-0.39, 0.29) is 38.9 Å². The van der Waals surface area contributed by atoms with Gasteiger partial charge in [0.15, 0.2) is 0 Å². The van der Waals surface area contributed by atoms with Crippen molar-refractivity contribution in [1.29, 1.82) is 0 Å². The molecular formula is AgAuNiS. The van der Waals surface area contributed by atoms with Crippen LogP contribution < -0.4 is 0 Å². The molecular weight excluding hydrogens is 396 g/mol. The molecule has 0 atom stereocenters. The molecule has 0 aliphatic heterocycles. The molecule has 0 aromatic carbocycles. The van der Waals surface area contributed by atoms with Crippen molar-refractivity contribution in [3.05, 3.63) is 0 Å². The Morgan fingerprint density at radius 1 is 1.25 bits per heavy atom. The molecule has 0 aromatic heterocycles. The van der Waals surface area contributed by atoms with Crippen LogP contribution in [0.3, 0.4) is 0 Å². The summed E-state index contributed by atoms with van der Waals surface area (Å²) < 4.78 is 0. The van der Waals surface area contributed by atoms with Gasteiger partial charge in [0, 0.05) is 38.9 Å². The molecule has 0 spiro atoms. The molecule has 0 aromatic rings. The van der Waals surface area contributed by atoms with Crippen molar-refractivity contribution in [2.24, 2.45) is 0 Å². The van der Waals surface area contributed by atoms with Crippen molar-refractivity contribution in [3.63, 3.8) is 0 Å². The van der Waals surface area contributed by atoms with Crippen LogP contribution in [-0.2, 0) is 58.1 Å². The van der Waals surface area contributed by atoms with Gasteiger partial charge < -0.3 is 0 Å². The summed E-state index contributed by atoms with van der Waals surface area (Å²) >= 11 is 2.53. The maximum atomic E-state index is 3.89. The van der Waals surface area contributed by atoms with Gasteiger partial charge in [0.05, 0.1) is 0 Å². The van der Waals surface area contributed by atoms with Crippen LogP contribution in [-0.4, -0.2) is 0 Å². The first kappa shape index (κ1) is 16.4. The van der Waals surface area contributed by atoms with E-state index in [1.807, 2.05) is 0 Å². The van der Waals surface area contributed by atoms with Gasteiger partial charge in [0.2, 0.25) is 0 Å². The van der Waals surface area contributed by atoms with Gasteiger partial charge in [-0.05, 0) is 0 Å². The average Bonchev–Trinajstić information content (AvgIpc) is 1.00. The summed E-state index contributed by atoms with van der Waals surface area (Å²) in [5, 5.41) is 0. The molecule has 0 heterocycles. The Morgan fingerprint density at radius 2 is 1.25 bits per heavy atom. The SMILES string of the molecule is [Au].[Ni].[S]=[Ag]. The summed E-state index contributed by atoms with van der Waals surface area (Å²) in [5.41, 5.74) is 0. The van der Waals surface area contributed by atoms with Crippen molar-refractivity contribution < 1.29 is 58.1 Å². The third-order valence-electron chi connectivity index (χ3n) is 0. The third-order valence-corrected chi connectivity index (χ3v) is 0. The Morgan fingerprint density at radius 3 is 1.25 bits per heavy atom. The summed E-state index contributed by atoms with van der Waals surface area (Å²) in [6, 6.07) is 0. The Bertz CT molecular complexity index is 8.00. The maximum absolute atomic E-state index is 3.89. The molecule has 0 bridgehead atoms. The second-order valence-corrected chi connectivity index (χ2v) is 0. The minimum absolute atomic E-state index is 0. The standard InChI is InChI=1S/Ag.Au.Ni.S. The monoisotopic (exact) mass is 394 g/mol.